The number of ether oxygens (including phenoxy) is 1. The maximum Gasteiger partial charge on any atom is 0.242 e. The van der Waals surface area contributed by atoms with Gasteiger partial charge >= 0.3 is 0 Å². The Morgan fingerprint density at radius 3 is 2.50 bits per heavy atom. The van der Waals surface area contributed by atoms with E-state index in [1.165, 1.54) is 19.2 Å². The molecule has 24 heavy (non-hydrogen) atoms. The molecule has 0 spiro atoms. The molecule has 1 saturated heterocycles. The lowest BCUT2D eigenvalue weighted by molar-refractivity contribution is -0.125. The molecule has 0 aliphatic carbocycles. The van der Waals surface area contributed by atoms with Crippen molar-refractivity contribution in [2.75, 3.05) is 26.5 Å². The van der Waals surface area contributed by atoms with Crippen molar-refractivity contribution in [3.05, 3.63) is 29.6 Å². The predicted molar refractivity (Wildman–Crippen MR) is 89.2 cm³/mol. The zero-order valence-corrected chi connectivity index (χ0v) is 14.9. The molecule has 0 saturated carbocycles. The Kier molecular flexibility index (Phi) is 5.49. The minimum absolute atomic E-state index is 0.114. The molecule has 0 radical (unpaired) electrons. The average molecular weight is 358 g/mol. The van der Waals surface area contributed by atoms with Crippen molar-refractivity contribution in [1.82, 2.24) is 10.6 Å². The summed E-state index contributed by atoms with van der Waals surface area (Å²) in [7, 11) is -2.21. The molecule has 1 atom stereocenters. The zero-order chi connectivity index (χ0) is 18.0. The van der Waals surface area contributed by atoms with Gasteiger partial charge in [0, 0.05) is 6.26 Å². The summed E-state index contributed by atoms with van der Waals surface area (Å²) in [5.41, 5.74) is 0.541. The van der Waals surface area contributed by atoms with E-state index in [0.717, 1.165) is 6.26 Å². The van der Waals surface area contributed by atoms with Gasteiger partial charge in [0.15, 0.2) is 26.2 Å². The number of sulfone groups is 1. The molecule has 134 valence electrons. The van der Waals surface area contributed by atoms with Gasteiger partial charge in [0.25, 0.3) is 0 Å². The fraction of sp³-hybridized carbons (Fsp3) is 0.562. The first kappa shape index (κ1) is 18.7. The lowest BCUT2D eigenvalue weighted by Gasteiger charge is -2.35. The Balaban J connectivity index is 2.22. The molecule has 1 heterocycles. The first-order valence-electron chi connectivity index (χ1n) is 7.76. The van der Waals surface area contributed by atoms with Gasteiger partial charge in [-0.2, -0.15) is 0 Å². The molecular weight excluding hydrogens is 335 g/mol. The third kappa shape index (κ3) is 3.54. The van der Waals surface area contributed by atoms with E-state index in [1.807, 2.05) is 0 Å². The fourth-order valence-electron chi connectivity index (χ4n) is 2.96. The maximum absolute atomic E-state index is 13.8. The Hall–Kier alpha value is -1.67. The second-order valence-electron chi connectivity index (χ2n) is 6.11. The number of hydrogen-bond acceptors (Lipinski definition) is 5. The number of nitrogens with one attached hydrogen (secondary N) is 2. The SMILES string of the molecule is COc1ccc(C(C)NC(=O)C2(S(C)(=O)=O)CCNCC2)cc1F. The van der Waals surface area contributed by atoms with Crippen LogP contribution in [0, 0.1) is 5.82 Å². The lowest BCUT2D eigenvalue weighted by atomic mass is 9.95. The Morgan fingerprint density at radius 1 is 1.38 bits per heavy atom. The summed E-state index contributed by atoms with van der Waals surface area (Å²) in [5.74, 6) is -0.950. The number of piperidine rings is 1. The Labute approximate surface area is 141 Å². The largest absolute Gasteiger partial charge is 0.494 e. The highest BCUT2D eigenvalue weighted by molar-refractivity contribution is 7.92. The monoisotopic (exact) mass is 358 g/mol. The van der Waals surface area contributed by atoms with E-state index in [1.54, 1.807) is 13.0 Å². The highest BCUT2D eigenvalue weighted by atomic mass is 32.2. The second-order valence-corrected chi connectivity index (χ2v) is 8.43. The van der Waals surface area contributed by atoms with Gasteiger partial charge in [-0.25, -0.2) is 12.8 Å². The number of amides is 1. The fourth-order valence-corrected chi connectivity index (χ4v) is 4.30. The summed E-state index contributed by atoms with van der Waals surface area (Å²) in [6, 6.07) is 3.87. The summed E-state index contributed by atoms with van der Waals surface area (Å²) in [6.45, 7) is 2.62. The molecule has 0 aromatic heterocycles. The molecule has 1 amide bonds. The summed E-state index contributed by atoms with van der Waals surface area (Å²) in [4.78, 5) is 12.7. The van der Waals surface area contributed by atoms with Crippen LogP contribution >= 0.6 is 0 Å². The number of hydrogen-bond donors (Lipinski definition) is 2. The average Bonchev–Trinajstić information content (AvgIpc) is 2.54. The predicted octanol–water partition coefficient (Wildman–Crippen LogP) is 1.18. The van der Waals surface area contributed by atoms with E-state index in [4.69, 9.17) is 4.74 Å². The van der Waals surface area contributed by atoms with Crippen molar-refractivity contribution in [3.8, 4) is 5.75 Å². The van der Waals surface area contributed by atoms with Gasteiger partial charge in [-0.3, -0.25) is 4.79 Å². The van der Waals surface area contributed by atoms with Crippen LogP contribution in [0.4, 0.5) is 4.39 Å². The molecular formula is C16H23FN2O4S. The van der Waals surface area contributed by atoms with Crippen LogP contribution in [0.5, 0.6) is 5.75 Å². The molecule has 1 fully saturated rings. The van der Waals surface area contributed by atoms with Crippen LogP contribution in [0.15, 0.2) is 18.2 Å². The standard InChI is InChI=1S/C16H23FN2O4S/c1-11(12-4-5-14(23-2)13(17)10-12)19-15(20)16(24(3,21)22)6-8-18-9-7-16/h4-5,10-11,18H,6-9H2,1-3H3,(H,19,20). The first-order chi connectivity index (χ1) is 11.2. The van der Waals surface area contributed by atoms with Gasteiger partial charge < -0.3 is 15.4 Å². The topological polar surface area (TPSA) is 84.5 Å². The number of benzene rings is 1. The van der Waals surface area contributed by atoms with Gasteiger partial charge in [-0.05, 0) is 50.6 Å². The Bertz CT molecular complexity index is 715. The van der Waals surface area contributed by atoms with E-state index in [-0.39, 0.29) is 18.6 Å². The van der Waals surface area contributed by atoms with Gasteiger partial charge in [-0.1, -0.05) is 6.07 Å². The van der Waals surface area contributed by atoms with Crippen LogP contribution in [0.2, 0.25) is 0 Å². The van der Waals surface area contributed by atoms with Crippen LogP contribution in [0.25, 0.3) is 0 Å². The Morgan fingerprint density at radius 2 is 2.00 bits per heavy atom. The second kappa shape index (κ2) is 7.06. The summed E-state index contributed by atoms with van der Waals surface area (Å²) < 4.78 is 41.7. The van der Waals surface area contributed by atoms with Crippen molar-refractivity contribution >= 4 is 15.7 Å². The van der Waals surface area contributed by atoms with E-state index in [2.05, 4.69) is 10.6 Å². The summed E-state index contributed by atoms with van der Waals surface area (Å²) in [6.07, 6.45) is 1.54. The van der Waals surface area contributed by atoms with Crippen molar-refractivity contribution in [3.63, 3.8) is 0 Å². The number of carbonyl (C=O) groups excluding carboxylic acids is 1. The van der Waals surface area contributed by atoms with Crippen LogP contribution in [0.1, 0.15) is 31.4 Å². The van der Waals surface area contributed by atoms with Crippen LogP contribution in [0.3, 0.4) is 0 Å². The van der Waals surface area contributed by atoms with Gasteiger partial charge in [-0.15, -0.1) is 0 Å². The minimum atomic E-state index is -3.58. The van der Waals surface area contributed by atoms with Gasteiger partial charge in [0.05, 0.1) is 13.2 Å². The van der Waals surface area contributed by atoms with Crippen LogP contribution in [-0.4, -0.2) is 45.5 Å². The third-order valence-corrected chi connectivity index (χ3v) is 6.57. The first-order valence-corrected chi connectivity index (χ1v) is 9.65. The number of carbonyl (C=O) groups is 1. The quantitative estimate of drug-likeness (QED) is 0.826. The summed E-state index contributed by atoms with van der Waals surface area (Å²) in [5, 5.41) is 5.79. The molecule has 1 aromatic rings. The number of methoxy groups -OCH3 is 1. The molecule has 1 aromatic carbocycles. The minimum Gasteiger partial charge on any atom is -0.494 e. The molecule has 2 rings (SSSR count). The summed E-state index contributed by atoms with van der Waals surface area (Å²) >= 11 is 0. The van der Waals surface area contributed by atoms with Crippen LogP contribution in [-0.2, 0) is 14.6 Å². The maximum atomic E-state index is 13.8. The van der Waals surface area contributed by atoms with Crippen molar-refractivity contribution in [1.29, 1.82) is 0 Å². The molecule has 0 bridgehead atoms. The van der Waals surface area contributed by atoms with E-state index in [9.17, 15) is 17.6 Å². The molecule has 1 aliphatic rings. The molecule has 8 heteroatoms. The lowest BCUT2D eigenvalue weighted by Crippen LogP contribution is -2.57. The highest BCUT2D eigenvalue weighted by Gasteiger charge is 2.48. The molecule has 6 nitrogen and oxygen atoms in total. The van der Waals surface area contributed by atoms with Crippen molar-refractivity contribution in [2.24, 2.45) is 0 Å². The smallest absolute Gasteiger partial charge is 0.242 e. The van der Waals surface area contributed by atoms with E-state index < -0.39 is 32.4 Å². The highest BCUT2D eigenvalue weighted by Crippen LogP contribution is 2.29. The number of rotatable bonds is 5. The van der Waals surface area contributed by atoms with Crippen molar-refractivity contribution < 1.29 is 22.3 Å². The molecule has 1 aliphatic heterocycles. The van der Waals surface area contributed by atoms with Crippen molar-refractivity contribution in [2.45, 2.75) is 30.6 Å². The van der Waals surface area contributed by atoms with Gasteiger partial charge in [0.1, 0.15) is 0 Å². The molecule has 2 N–H and O–H groups in total. The zero-order valence-electron chi connectivity index (χ0n) is 14.1. The van der Waals surface area contributed by atoms with E-state index in [0.29, 0.717) is 18.7 Å². The third-order valence-electron chi connectivity index (χ3n) is 4.56. The normalized spacial score (nSPS) is 18.7. The molecule has 1 unspecified atom stereocenters. The van der Waals surface area contributed by atoms with Gasteiger partial charge in [0.2, 0.25) is 5.91 Å². The van der Waals surface area contributed by atoms with Crippen LogP contribution < -0.4 is 15.4 Å². The number of halogens is 1. The van der Waals surface area contributed by atoms with E-state index >= 15 is 0 Å².